The predicted octanol–water partition coefficient (Wildman–Crippen LogP) is 6.46. The summed E-state index contributed by atoms with van der Waals surface area (Å²) < 4.78 is 12.7. The van der Waals surface area contributed by atoms with E-state index in [4.69, 9.17) is 21.1 Å². The highest BCUT2D eigenvalue weighted by molar-refractivity contribution is 6.31. The highest BCUT2D eigenvalue weighted by Gasteiger charge is 2.47. The number of nitrogens with zero attached hydrogens (tertiary/aromatic N) is 1. The van der Waals surface area contributed by atoms with Gasteiger partial charge in [-0.1, -0.05) is 47.5 Å². The van der Waals surface area contributed by atoms with Gasteiger partial charge in [0.1, 0.15) is 5.75 Å². The van der Waals surface area contributed by atoms with Gasteiger partial charge in [0.05, 0.1) is 18.3 Å². The number of pyridine rings is 1. The van der Waals surface area contributed by atoms with Crippen molar-refractivity contribution in [1.29, 1.82) is 0 Å². The third kappa shape index (κ3) is 3.90. The van der Waals surface area contributed by atoms with E-state index in [2.05, 4.69) is 42.2 Å². The summed E-state index contributed by atoms with van der Waals surface area (Å²) in [5.41, 5.74) is 5.30. The molecule has 0 spiro atoms. The van der Waals surface area contributed by atoms with Crippen molar-refractivity contribution in [3.8, 4) is 16.9 Å². The van der Waals surface area contributed by atoms with Crippen molar-refractivity contribution in [3.63, 3.8) is 0 Å². The highest BCUT2D eigenvalue weighted by Crippen LogP contribution is 2.53. The van der Waals surface area contributed by atoms with Crippen molar-refractivity contribution in [3.05, 3.63) is 82.6 Å². The lowest BCUT2D eigenvalue weighted by molar-refractivity contribution is 0.0173. The van der Waals surface area contributed by atoms with Gasteiger partial charge < -0.3 is 9.47 Å². The SMILES string of the molecule is Cc1ccc(Cl)c(COC2(c3cnccc3-c3ccccc3OC3CC3)CC2)c1. The van der Waals surface area contributed by atoms with Crippen molar-refractivity contribution >= 4 is 11.6 Å². The summed E-state index contributed by atoms with van der Waals surface area (Å²) in [6.45, 7) is 2.57. The maximum atomic E-state index is 6.48. The molecule has 5 rings (SSSR count). The summed E-state index contributed by atoms with van der Waals surface area (Å²) in [6, 6.07) is 16.4. The van der Waals surface area contributed by atoms with Gasteiger partial charge in [0.15, 0.2) is 0 Å². The summed E-state index contributed by atoms with van der Waals surface area (Å²) in [4.78, 5) is 4.42. The zero-order chi connectivity index (χ0) is 19.8. The lowest BCUT2D eigenvalue weighted by atomic mass is 9.96. The number of para-hydroxylation sites is 1. The molecule has 1 aromatic heterocycles. The number of halogens is 1. The number of hydrogen-bond donors (Lipinski definition) is 0. The number of benzene rings is 2. The largest absolute Gasteiger partial charge is 0.490 e. The molecule has 3 aromatic rings. The molecule has 0 atom stereocenters. The zero-order valence-corrected chi connectivity index (χ0v) is 17.3. The Bertz CT molecular complexity index is 1040. The Morgan fingerprint density at radius 3 is 2.69 bits per heavy atom. The van der Waals surface area contributed by atoms with E-state index in [-0.39, 0.29) is 5.60 Å². The van der Waals surface area contributed by atoms with E-state index < -0.39 is 0 Å². The fourth-order valence-corrected chi connectivity index (χ4v) is 3.96. The smallest absolute Gasteiger partial charge is 0.127 e. The van der Waals surface area contributed by atoms with E-state index in [1.54, 1.807) is 0 Å². The highest BCUT2D eigenvalue weighted by atomic mass is 35.5. The molecular weight excluding hydrogens is 382 g/mol. The second-order valence-corrected chi connectivity index (χ2v) is 8.52. The van der Waals surface area contributed by atoms with Gasteiger partial charge in [-0.15, -0.1) is 0 Å². The molecule has 2 aliphatic carbocycles. The minimum absolute atomic E-state index is 0.302. The van der Waals surface area contributed by atoms with Gasteiger partial charge in [-0.3, -0.25) is 4.98 Å². The van der Waals surface area contributed by atoms with Crippen LogP contribution in [0.5, 0.6) is 5.75 Å². The van der Waals surface area contributed by atoms with Gasteiger partial charge in [-0.25, -0.2) is 0 Å². The number of rotatable bonds is 7. The molecule has 2 fully saturated rings. The molecule has 1 heterocycles. The lowest BCUT2D eigenvalue weighted by Crippen LogP contribution is -2.14. The molecule has 4 heteroatoms. The number of hydrogen-bond acceptors (Lipinski definition) is 3. The van der Waals surface area contributed by atoms with E-state index in [9.17, 15) is 0 Å². The molecule has 0 bridgehead atoms. The van der Waals surface area contributed by atoms with Crippen LogP contribution in [0, 0.1) is 6.92 Å². The summed E-state index contributed by atoms with van der Waals surface area (Å²) in [5.74, 6) is 0.944. The van der Waals surface area contributed by atoms with Crippen molar-refractivity contribution in [1.82, 2.24) is 4.98 Å². The fourth-order valence-electron chi connectivity index (χ4n) is 3.78. The number of ether oxygens (including phenoxy) is 2. The summed E-state index contributed by atoms with van der Waals surface area (Å²) >= 11 is 6.38. The van der Waals surface area contributed by atoms with Crippen LogP contribution in [-0.2, 0) is 16.9 Å². The van der Waals surface area contributed by atoms with Crippen LogP contribution in [-0.4, -0.2) is 11.1 Å². The number of aryl methyl sites for hydroxylation is 1. The average Bonchev–Trinajstić information content (AvgIpc) is 3.66. The second-order valence-electron chi connectivity index (χ2n) is 8.11. The molecule has 0 saturated heterocycles. The Labute approximate surface area is 176 Å². The topological polar surface area (TPSA) is 31.4 Å². The van der Waals surface area contributed by atoms with E-state index in [1.807, 2.05) is 30.6 Å². The van der Waals surface area contributed by atoms with E-state index in [0.717, 1.165) is 58.7 Å². The summed E-state index contributed by atoms with van der Waals surface area (Å²) in [6.07, 6.45) is 8.41. The van der Waals surface area contributed by atoms with E-state index in [1.165, 1.54) is 5.56 Å². The van der Waals surface area contributed by atoms with Gasteiger partial charge in [0.25, 0.3) is 0 Å². The van der Waals surface area contributed by atoms with Gasteiger partial charge in [-0.2, -0.15) is 0 Å². The van der Waals surface area contributed by atoms with Gasteiger partial charge in [-0.05, 0) is 61.9 Å². The van der Waals surface area contributed by atoms with Crippen LogP contribution in [0.3, 0.4) is 0 Å². The van der Waals surface area contributed by atoms with E-state index in [0.29, 0.717) is 12.7 Å². The molecule has 3 nitrogen and oxygen atoms in total. The molecule has 29 heavy (non-hydrogen) atoms. The van der Waals surface area contributed by atoms with Gasteiger partial charge in [0.2, 0.25) is 0 Å². The zero-order valence-electron chi connectivity index (χ0n) is 16.5. The predicted molar refractivity (Wildman–Crippen MR) is 115 cm³/mol. The molecule has 2 saturated carbocycles. The van der Waals surface area contributed by atoms with Gasteiger partial charge >= 0.3 is 0 Å². The normalized spacial score (nSPS) is 17.2. The van der Waals surface area contributed by atoms with Crippen LogP contribution >= 0.6 is 11.6 Å². The lowest BCUT2D eigenvalue weighted by Gasteiger charge is -2.22. The van der Waals surface area contributed by atoms with Crippen molar-refractivity contribution in [2.45, 2.75) is 50.9 Å². The quantitative estimate of drug-likeness (QED) is 0.452. The third-order valence-corrected chi connectivity index (χ3v) is 6.09. The second kappa shape index (κ2) is 7.47. The molecule has 0 amide bonds. The van der Waals surface area contributed by atoms with Gasteiger partial charge in [0, 0.05) is 28.5 Å². The molecule has 0 radical (unpaired) electrons. The maximum Gasteiger partial charge on any atom is 0.127 e. The molecule has 2 aromatic carbocycles. The first-order valence-electron chi connectivity index (χ1n) is 10.2. The Kier molecular flexibility index (Phi) is 4.81. The first-order valence-corrected chi connectivity index (χ1v) is 10.6. The minimum atomic E-state index is -0.302. The van der Waals surface area contributed by atoms with Crippen LogP contribution in [0.15, 0.2) is 60.9 Å². The van der Waals surface area contributed by atoms with Crippen molar-refractivity contribution < 1.29 is 9.47 Å². The molecule has 0 aliphatic heterocycles. The van der Waals surface area contributed by atoms with Crippen LogP contribution in [0.4, 0.5) is 0 Å². The first kappa shape index (κ1) is 18.7. The van der Waals surface area contributed by atoms with Crippen LogP contribution in [0.25, 0.3) is 11.1 Å². The number of aromatic nitrogens is 1. The monoisotopic (exact) mass is 405 g/mol. The average molecular weight is 406 g/mol. The summed E-state index contributed by atoms with van der Waals surface area (Å²) in [5, 5.41) is 0.751. The standard InChI is InChI=1S/C25H24ClNO2/c1-17-6-9-23(26)18(14-17)16-28-25(11-12-25)22-15-27-13-10-20(22)21-4-2-3-5-24(21)29-19-7-8-19/h2-6,9-10,13-15,19H,7-8,11-12,16H2,1H3. The maximum absolute atomic E-state index is 6.48. The van der Waals surface area contributed by atoms with E-state index >= 15 is 0 Å². The van der Waals surface area contributed by atoms with Crippen LogP contribution < -0.4 is 4.74 Å². The molecular formula is C25H24ClNO2. The Morgan fingerprint density at radius 1 is 1.07 bits per heavy atom. The third-order valence-electron chi connectivity index (χ3n) is 5.72. The van der Waals surface area contributed by atoms with Crippen molar-refractivity contribution in [2.75, 3.05) is 0 Å². The summed E-state index contributed by atoms with van der Waals surface area (Å²) in [7, 11) is 0. The van der Waals surface area contributed by atoms with Crippen molar-refractivity contribution in [2.24, 2.45) is 0 Å². The Hall–Kier alpha value is -2.36. The fraction of sp³-hybridized carbons (Fsp3) is 0.320. The Morgan fingerprint density at radius 2 is 1.90 bits per heavy atom. The Balaban J connectivity index is 1.46. The first-order chi connectivity index (χ1) is 14.1. The van der Waals surface area contributed by atoms with Crippen LogP contribution in [0.2, 0.25) is 5.02 Å². The minimum Gasteiger partial charge on any atom is -0.490 e. The molecule has 0 unspecified atom stereocenters. The molecule has 2 aliphatic rings. The molecule has 0 N–H and O–H groups in total. The molecule has 148 valence electrons. The van der Waals surface area contributed by atoms with Crippen LogP contribution in [0.1, 0.15) is 42.4 Å².